The van der Waals surface area contributed by atoms with Gasteiger partial charge in [0.25, 0.3) is 0 Å². The van der Waals surface area contributed by atoms with Crippen molar-refractivity contribution in [2.45, 2.75) is 45.8 Å². The van der Waals surface area contributed by atoms with Gasteiger partial charge < -0.3 is 19.2 Å². The maximum Gasteiger partial charge on any atom is 0.170 e. The van der Waals surface area contributed by atoms with Crippen molar-refractivity contribution in [2.24, 2.45) is 0 Å². The largest absolute Gasteiger partial charge is 0.467 e. The number of rotatable bonds is 6. The highest BCUT2D eigenvalue weighted by molar-refractivity contribution is 7.80. The molecule has 0 unspecified atom stereocenters. The van der Waals surface area contributed by atoms with E-state index in [1.165, 1.54) is 28.2 Å². The van der Waals surface area contributed by atoms with Crippen molar-refractivity contribution in [3.8, 4) is 5.69 Å². The highest BCUT2D eigenvalue weighted by atomic mass is 32.1. The summed E-state index contributed by atoms with van der Waals surface area (Å²) >= 11 is 5.82. The first-order valence-corrected chi connectivity index (χ1v) is 11.8. The molecule has 2 atom stereocenters. The number of pyridine rings is 1. The number of thiocarbonyl (C=S) groups is 1. The Bertz CT molecular complexity index is 1260. The van der Waals surface area contributed by atoms with Crippen molar-refractivity contribution in [2.75, 3.05) is 0 Å². The minimum atomic E-state index is -0.0518. The smallest absolute Gasteiger partial charge is 0.170 e. The van der Waals surface area contributed by atoms with Gasteiger partial charge in [0, 0.05) is 23.3 Å². The Labute approximate surface area is 200 Å². The van der Waals surface area contributed by atoms with Gasteiger partial charge in [0.15, 0.2) is 5.11 Å². The van der Waals surface area contributed by atoms with E-state index in [4.69, 9.17) is 16.6 Å². The minimum Gasteiger partial charge on any atom is -0.467 e. The van der Waals surface area contributed by atoms with Gasteiger partial charge in [-0.05, 0) is 80.0 Å². The monoisotopic (exact) mass is 456 g/mol. The van der Waals surface area contributed by atoms with Crippen LogP contribution in [0.5, 0.6) is 0 Å². The third-order valence-corrected chi connectivity index (χ3v) is 6.86. The number of hydrogen-bond donors (Lipinski definition) is 1. The lowest BCUT2D eigenvalue weighted by molar-refractivity contribution is 0.286. The molecule has 1 fully saturated rings. The average molecular weight is 457 g/mol. The first kappa shape index (κ1) is 21.5. The van der Waals surface area contributed by atoms with Crippen LogP contribution in [0.15, 0.2) is 77.5 Å². The molecule has 0 radical (unpaired) electrons. The Kier molecular flexibility index (Phi) is 5.77. The number of aryl methyl sites for hydroxylation is 2. The summed E-state index contributed by atoms with van der Waals surface area (Å²) < 4.78 is 8.05. The Balaban J connectivity index is 1.64. The van der Waals surface area contributed by atoms with Gasteiger partial charge in [-0.1, -0.05) is 31.2 Å². The predicted octanol–water partition coefficient (Wildman–Crippen LogP) is 5.82. The third-order valence-electron chi connectivity index (χ3n) is 6.51. The molecule has 0 bridgehead atoms. The van der Waals surface area contributed by atoms with Crippen molar-refractivity contribution < 1.29 is 4.42 Å². The number of para-hydroxylation sites is 1. The Morgan fingerprint density at radius 3 is 2.61 bits per heavy atom. The van der Waals surface area contributed by atoms with E-state index in [-0.39, 0.29) is 12.1 Å². The molecule has 0 amide bonds. The van der Waals surface area contributed by atoms with Crippen LogP contribution in [0.2, 0.25) is 0 Å². The first-order chi connectivity index (χ1) is 16.1. The summed E-state index contributed by atoms with van der Waals surface area (Å²) in [5.41, 5.74) is 7.22. The number of furan rings is 1. The summed E-state index contributed by atoms with van der Waals surface area (Å²) in [5, 5.41) is 4.26. The Hall–Kier alpha value is -3.38. The summed E-state index contributed by atoms with van der Waals surface area (Å²) in [4.78, 5) is 6.90. The lowest BCUT2D eigenvalue weighted by atomic mass is 9.96. The molecule has 0 saturated carbocycles. The molecule has 1 N–H and O–H groups in total. The topological polar surface area (TPSA) is 46.2 Å². The van der Waals surface area contributed by atoms with E-state index in [9.17, 15) is 0 Å². The minimum absolute atomic E-state index is 0.00811. The molecular weight excluding hydrogens is 428 g/mol. The van der Waals surface area contributed by atoms with Gasteiger partial charge >= 0.3 is 0 Å². The zero-order chi connectivity index (χ0) is 22.9. The molecule has 1 aliphatic rings. The fourth-order valence-electron chi connectivity index (χ4n) is 4.97. The van der Waals surface area contributed by atoms with E-state index in [2.05, 4.69) is 76.9 Å². The van der Waals surface area contributed by atoms with Crippen LogP contribution in [-0.4, -0.2) is 19.6 Å². The quantitative estimate of drug-likeness (QED) is 0.371. The number of benzene rings is 1. The lowest BCUT2D eigenvalue weighted by Crippen LogP contribution is -2.29. The van der Waals surface area contributed by atoms with Crippen molar-refractivity contribution in [3.63, 3.8) is 0 Å². The summed E-state index contributed by atoms with van der Waals surface area (Å²) in [5.74, 6) is 0.885. The van der Waals surface area contributed by atoms with E-state index < -0.39 is 0 Å². The molecule has 4 heterocycles. The van der Waals surface area contributed by atoms with E-state index in [0.29, 0.717) is 11.7 Å². The van der Waals surface area contributed by atoms with Crippen LogP contribution < -0.4 is 5.32 Å². The Morgan fingerprint density at radius 1 is 1.06 bits per heavy atom. The molecule has 1 aromatic carbocycles. The van der Waals surface area contributed by atoms with Crippen LogP contribution in [-0.2, 0) is 13.0 Å². The maximum atomic E-state index is 5.82. The van der Waals surface area contributed by atoms with E-state index >= 15 is 0 Å². The van der Waals surface area contributed by atoms with Gasteiger partial charge in [0.1, 0.15) is 5.76 Å². The van der Waals surface area contributed by atoms with Gasteiger partial charge in [-0.3, -0.25) is 4.98 Å². The van der Waals surface area contributed by atoms with E-state index in [1.807, 2.05) is 30.5 Å². The molecule has 4 aromatic rings. The van der Waals surface area contributed by atoms with Gasteiger partial charge in [0.05, 0.1) is 30.6 Å². The first-order valence-electron chi connectivity index (χ1n) is 11.4. The standard InChI is InChI=1S/C27H28N4OS/c1-4-20-10-5-6-13-24(20)31-18(2)16-22(19(31)3)26-25(23-12-7-8-14-28-23)29-27(33)30(26)17-21-11-9-15-32-21/h5-16,25-26H,4,17H2,1-3H3,(H,29,33)/t25-,26-/m1/s1. The van der Waals surface area contributed by atoms with Crippen LogP contribution in [0, 0.1) is 13.8 Å². The van der Waals surface area contributed by atoms with Gasteiger partial charge in [-0.2, -0.15) is 0 Å². The van der Waals surface area contributed by atoms with Crippen molar-refractivity contribution in [1.29, 1.82) is 0 Å². The average Bonchev–Trinajstić information content (AvgIpc) is 3.53. The summed E-state index contributed by atoms with van der Waals surface area (Å²) in [6.45, 7) is 7.18. The van der Waals surface area contributed by atoms with Crippen LogP contribution in [0.4, 0.5) is 0 Å². The summed E-state index contributed by atoms with van der Waals surface area (Å²) in [7, 11) is 0. The van der Waals surface area contributed by atoms with Gasteiger partial charge in [-0.15, -0.1) is 0 Å². The van der Waals surface area contributed by atoms with Crippen LogP contribution in [0.3, 0.4) is 0 Å². The third kappa shape index (κ3) is 3.85. The summed E-state index contributed by atoms with van der Waals surface area (Å²) in [6, 6.07) is 20.8. The highest BCUT2D eigenvalue weighted by Crippen LogP contribution is 2.42. The number of nitrogens with zero attached hydrogens (tertiary/aromatic N) is 3. The second-order valence-corrected chi connectivity index (χ2v) is 8.86. The predicted molar refractivity (Wildman–Crippen MR) is 134 cm³/mol. The molecule has 0 spiro atoms. The lowest BCUT2D eigenvalue weighted by Gasteiger charge is -2.27. The molecule has 33 heavy (non-hydrogen) atoms. The molecular formula is C27H28N4OS. The molecule has 1 aliphatic heterocycles. The van der Waals surface area contributed by atoms with Crippen LogP contribution in [0.25, 0.3) is 5.69 Å². The second-order valence-electron chi connectivity index (χ2n) is 8.48. The number of nitrogens with one attached hydrogen (secondary N) is 1. The van der Waals surface area contributed by atoms with Crippen molar-refractivity contribution in [3.05, 3.63) is 107 Å². The van der Waals surface area contributed by atoms with E-state index in [1.54, 1.807) is 6.26 Å². The van der Waals surface area contributed by atoms with Crippen LogP contribution in [0.1, 0.15) is 53.0 Å². The molecule has 168 valence electrons. The van der Waals surface area contributed by atoms with Crippen molar-refractivity contribution in [1.82, 2.24) is 19.8 Å². The fourth-order valence-corrected chi connectivity index (χ4v) is 5.28. The zero-order valence-electron chi connectivity index (χ0n) is 19.2. The maximum absolute atomic E-state index is 5.82. The molecule has 3 aromatic heterocycles. The molecule has 5 nitrogen and oxygen atoms in total. The molecule has 6 heteroatoms. The number of hydrogen-bond acceptors (Lipinski definition) is 3. The summed E-state index contributed by atoms with van der Waals surface area (Å²) in [6.07, 6.45) is 4.53. The Morgan fingerprint density at radius 2 is 1.88 bits per heavy atom. The van der Waals surface area contributed by atoms with Gasteiger partial charge in [0.2, 0.25) is 0 Å². The normalized spacial score (nSPS) is 18.0. The SMILES string of the molecule is CCc1ccccc1-n1c(C)cc([C@@H]2[C@@H](c3ccccn3)NC(=S)N2Cc2ccco2)c1C. The van der Waals surface area contributed by atoms with E-state index in [0.717, 1.165) is 17.9 Å². The molecule has 5 rings (SSSR count). The molecule has 0 aliphatic carbocycles. The molecule has 1 saturated heterocycles. The fraction of sp³-hybridized carbons (Fsp3) is 0.259. The second kappa shape index (κ2) is 8.87. The zero-order valence-corrected chi connectivity index (χ0v) is 20.0. The number of aromatic nitrogens is 2. The van der Waals surface area contributed by atoms with Gasteiger partial charge in [-0.25, -0.2) is 0 Å². The van der Waals surface area contributed by atoms with Crippen LogP contribution >= 0.6 is 12.2 Å². The van der Waals surface area contributed by atoms with Crippen molar-refractivity contribution >= 4 is 17.3 Å². The highest BCUT2D eigenvalue weighted by Gasteiger charge is 2.41.